The summed E-state index contributed by atoms with van der Waals surface area (Å²) in [5.74, 6) is -6.34. The van der Waals surface area contributed by atoms with Gasteiger partial charge in [0.1, 0.15) is 24.2 Å². The quantitative estimate of drug-likeness (QED) is 0.218. The smallest absolute Gasteiger partial charge is 0.303 e. The lowest BCUT2D eigenvalue weighted by Gasteiger charge is -2.45. The largest absolute Gasteiger partial charge is 0.463 e. The molecule has 0 unspecified atom stereocenters. The zero-order valence-corrected chi connectivity index (χ0v) is 22.4. The summed E-state index contributed by atoms with van der Waals surface area (Å²) >= 11 is 1.22. The molecule has 2 aromatic carbocycles. The lowest BCUT2D eigenvalue weighted by atomic mass is 9.96. The average molecular weight is 579 g/mol. The van der Waals surface area contributed by atoms with E-state index in [2.05, 4.69) is 5.10 Å². The van der Waals surface area contributed by atoms with Crippen molar-refractivity contribution in [3.63, 3.8) is 0 Å². The second-order valence-electron chi connectivity index (χ2n) is 8.88. The summed E-state index contributed by atoms with van der Waals surface area (Å²) in [5.41, 5.74) is -0.692. The Morgan fingerprint density at radius 2 is 1.55 bits per heavy atom. The number of thioether (sulfide) groups is 1. The van der Waals surface area contributed by atoms with Crippen LogP contribution < -0.4 is 0 Å². The van der Waals surface area contributed by atoms with E-state index in [9.17, 15) is 27.6 Å². The van der Waals surface area contributed by atoms with E-state index in [0.29, 0.717) is 0 Å². The Morgan fingerprint density at radius 1 is 0.925 bits per heavy atom. The molecule has 40 heavy (non-hydrogen) atoms. The first-order chi connectivity index (χ1) is 19.0. The predicted octanol–water partition coefficient (Wildman–Crippen LogP) is 4.45. The van der Waals surface area contributed by atoms with Crippen molar-refractivity contribution in [3.8, 4) is 11.1 Å². The van der Waals surface area contributed by atoms with Crippen LogP contribution in [0.1, 0.15) is 26.8 Å². The molecule has 1 aromatic heterocycles. The minimum absolute atomic E-state index is 0.00513. The zero-order chi connectivity index (χ0) is 29.0. The van der Waals surface area contributed by atoms with Crippen LogP contribution in [0.4, 0.5) is 13.2 Å². The van der Waals surface area contributed by atoms with Gasteiger partial charge in [0.05, 0.1) is 6.20 Å². The molecule has 3 aromatic rings. The Balaban J connectivity index is 1.81. The molecular weight excluding hydrogens is 553 g/mol. The van der Waals surface area contributed by atoms with Gasteiger partial charge < -0.3 is 18.9 Å². The molecule has 0 radical (unpaired) electrons. The number of ether oxygens (including phenoxy) is 4. The Hall–Kier alpha value is -3.84. The summed E-state index contributed by atoms with van der Waals surface area (Å²) in [6, 6.07) is 9.66. The summed E-state index contributed by atoms with van der Waals surface area (Å²) in [7, 11) is 0. The lowest BCUT2D eigenvalue weighted by molar-refractivity contribution is -0.212. The van der Waals surface area contributed by atoms with Gasteiger partial charge in [0.2, 0.25) is 0 Å². The molecule has 9 nitrogen and oxygen atoms in total. The van der Waals surface area contributed by atoms with E-state index in [0.717, 1.165) is 17.0 Å². The number of aromatic nitrogens is 2. The monoisotopic (exact) mass is 578 g/mol. The van der Waals surface area contributed by atoms with Crippen LogP contribution in [0.5, 0.6) is 0 Å². The fourth-order valence-electron chi connectivity index (χ4n) is 4.28. The summed E-state index contributed by atoms with van der Waals surface area (Å²) < 4.78 is 65.4. The molecule has 0 aliphatic carbocycles. The van der Waals surface area contributed by atoms with Crippen molar-refractivity contribution in [1.82, 2.24) is 9.78 Å². The van der Waals surface area contributed by atoms with E-state index >= 15 is 0 Å². The fourth-order valence-corrected chi connectivity index (χ4v) is 5.42. The molecule has 0 saturated carbocycles. The molecule has 212 valence electrons. The van der Waals surface area contributed by atoms with Gasteiger partial charge in [0, 0.05) is 37.4 Å². The van der Waals surface area contributed by atoms with Gasteiger partial charge >= 0.3 is 17.9 Å². The molecule has 0 N–H and O–H groups in total. The van der Waals surface area contributed by atoms with Crippen LogP contribution in [-0.4, -0.2) is 58.0 Å². The number of carbonyl (C=O) groups excluding carboxylic acids is 3. The highest BCUT2D eigenvalue weighted by Gasteiger charge is 2.52. The highest BCUT2D eigenvalue weighted by Crippen LogP contribution is 2.41. The van der Waals surface area contributed by atoms with E-state index in [-0.39, 0.29) is 17.7 Å². The lowest BCUT2D eigenvalue weighted by Crippen LogP contribution is -2.57. The number of carbonyl (C=O) groups is 3. The third-order valence-corrected chi connectivity index (χ3v) is 7.05. The third kappa shape index (κ3) is 6.83. The van der Waals surface area contributed by atoms with Crippen molar-refractivity contribution in [2.75, 3.05) is 6.61 Å². The summed E-state index contributed by atoms with van der Waals surface area (Å²) in [6.07, 6.45) is -0.627. The van der Waals surface area contributed by atoms with E-state index in [1.54, 1.807) is 0 Å². The van der Waals surface area contributed by atoms with Gasteiger partial charge in [-0.05, 0) is 29.8 Å². The predicted molar refractivity (Wildman–Crippen MR) is 135 cm³/mol. The molecule has 4 rings (SSSR count). The SMILES string of the molecule is CC(=O)OC[C@H]1O[C@@H](Sc2ccccc2)[C@H](OC(C)=O)[C@@H](n2cc(-c3cc(F)c(F)c(F)c3)cn2)[C@H]1OC(C)=O. The number of nitrogens with zero attached hydrogens (tertiary/aromatic N) is 2. The van der Waals surface area contributed by atoms with Crippen molar-refractivity contribution in [3.05, 3.63) is 72.3 Å². The number of rotatable bonds is 8. The number of esters is 3. The molecule has 0 bridgehead atoms. The van der Waals surface area contributed by atoms with Gasteiger partial charge in [-0.15, -0.1) is 0 Å². The first-order valence-electron chi connectivity index (χ1n) is 12.1. The van der Waals surface area contributed by atoms with Crippen LogP contribution in [0, 0.1) is 17.5 Å². The van der Waals surface area contributed by atoms with E-state index in [4.69, 9.17) is 18.9 Å². The Kier molecular flexibility index (Phi) is 9.15. The summed E-state index contributed by atoms with van der Waals surface area (Å²) in [5, 5.41) is 4.31. The van der Waals surface area contributed by atoms with Crippen molar-refractivity contribution >= 4 is 29.7 Å². The molecule has 1 aliphatic rings. The molecule has 1 aliphatic heterocycles. The highest BCUT2D eigenvalue weighted by atomic mass is 32.2. The molecule has 5 atom stereocenters. The normalized spacial score (nSPS) is 22.4. The standard InChI is InChI=1S/C27H25F3N2O7S/c1-14(33)36-13-22-25(37-15(2)34)24(26(38-16(3)35)27(39-22)40-19-7-5-4-6-8-19)32-12-18(11-31-32)17-9-20(28)23(30)21(29)10-17/h4-12,22,24-27H,13H2,1-3H3/t22-,24+,25+,26-,27+/m1/s1. The molecule has 2 heterocycles. The van der Waals surface area contributed by atoms with Crippen LogP contribution in [0.2, 0.25) is 0 Å². The molecular formula is C27H25F3N2O7S. The highest BCUT2D eigenvalue weighted by molar-refractivity contribution is 7.99. The number of benzene rings is 2. The number of hydrogen-bond acceptors (Lipinski definition) is 9. The van der Waals surface area contributed by atoms with Crippen LogP contribution in [0.3, 0.4) is 0 Å². The Bertz CT molecular complexity index is 1360. The number of halogens is 3. The van der Waals surface area contributed by atoms with E-state index in [1.807, 2.05) is 30.3 Å². The maximum Gasteiger partial charge on any atom is 0.303 e. The topological polar surface area (TPSA) is 106 Å². The first-order valence-corrected chi connectivity index (χ1v) is 13.0. The van der Waals surface area contributed by atoms with Crippen LogP contribution in [-0.2, 0) is 33.3 Å². The van der Waals surface area contributed by atoms with Crippen molar-refractivity contribution in [1.29, 1.82) is 0 Å². The van der Waals surface area contributed by atoms with Gasteiger partial charge in [-0.2, -0.15) is 5.10 Å². The van der Waals surface area contributed by atoms with Gasteiger partial charge in [-0.25, -0.2) is 13.2 Å². The first kappa shape index (κ1) is 29.2. The Labute approximate surface area is 231 Å². The van der Waals surface area contributed by atoms with Crippen molar-refractivity contribution < 1.29 is 46.5 Å². The summed E-state index contributed by atoms with van der Waals surface area (Å²) in [6.45, 7) is 3.28. The maximum absolute atomic E-state index is 13.9. The molecule has 1 saturated heterocycles. The minimum Gasteiger partial charge on any atom is -0.463 e. The van der Waals surface area contributed by atoms with Crippen LogP contribution in [0.25, 0.3) is 11.1 Å². The molecule has 1 fully saturated rings. The van der Waals surface area contributed by atoms with E-state index < -0.39 is 65.1 Å². The summed E-state index contributed by atoms with van der Waals surface area (Å²) in [4.78, 5) is 36.8. The van der Waals surface area contributed by atoms with Gasteiger partial charge in [-0.3, -0.25) is 19.1 Å². The van der Waals surface area contributed by atoms with Crippen LogP contribution >= 0.6 is 11.8 Å². The van der Waals surface area contributed by atoms with Crippen LogP contribution in [0.15, 0.2) is 59.8 Å². The molecule has 0 spiro atoms. The number of hydrogen-bond donors (Lipinski definition) is 0. The average Bonchev–Trinajstić information content (AvgIpc) is 3.37. The fraction of sp³-hybridized carbons (Fsp3) is 0.333. The Morgan fingerprint density at radius 3 is 2.15 bits per heavy atom. The molecule has 0 amide bonds. The second kappa shape index (κ2) is 12.6. The van der Waals surface area contributed by atoms with Gasteiger partial charge in [0.15, 0.2) is 29.7 Å². The maximum atomic E-state index is 13.9. The van der Waals surface area contributed by atoms with Gasteiger partial charge in [-0.1, -0.05) is 30.0 Å². The van der Waals surface area contributed by atoms with Crippen molar-refractivity contribution in [2.45, 2.75) is 55.5 Å². The molecule has 13 heteroatoms. The second-order valence-corrected chi connectivity index (χ2v) is 10.0. The van der Waals surface area contributed by atoms with Gasteiger partial charge in [0.25, 0.3) is 0 Å². The minimum atomic E-state index is -1.61. The zero-order valence-electron chi connectivity index (χ0n) is 21.6. The van der Waals surface area contributed by atoms with Crippen molar-refractivity contribution in [2.24, 2.45) is 0 Å². The third-order valence-electron chi connectivity index (χ3n) is 5.89. The van der Waals surface area contributed by atoms with E-state index in [1.165, 1.54) is 49.6 Å².